The van der Waals surface area contributed by atoms with E-state index in [9.17, 15) is 0 Å². The summed E-state index contributed by atoms with van der Waals surface area (Å²) in [5, 5.41) is 0.438. The van der Waals surface area contributed by atoms with Crippen LogP contribution in [0.1, 0.15) is 33.5 Å². The minimum atomic E-state index is 0.126. The first-order valence-corrected chi connectivity index (χ1v) is 5.60. The average Bonchev–Trinajstić information content (AvgIpc) is 2.16. The summed E-state index contributed by atoms with van der Waals surface area (Å²) in [7, 11) is 0. The predicted octanol–water partition coefficient (Wildman–Crippen LogP) is 3.12. The number of aromatic nitrogens is 2. The lowest BCUT2D eigenvalue weighted by atomic mass is 10.1. The van der Waals surface area contributed by atoms with Crippen LogP contribution in [0.2, 0.25) is 5.15 Å². The van der Waals surface area contributed by atoms with Gasteiger partial charge in [0.1, 0.15) is 11.0 Å². The molecule has 3 nitrogen and oxygen atoms in total. The minimum Gasteiger partial charge on any atom is -0.474 e. The van der Waals surface area contributed by atoms with Crippen LogP contribution in [0.3, 0.4) is 0 Å². The van der Waals surface area contributed by atoms with Gasteiger partial charge in [0.05, 0.1) is 6.10 Å². The molecular formula is C11H17ClN2O. The first-order valence-electron chi connectivity index (χ1n) is 5.23. The fourth-order valence-electron chi connectivity index (χ4n) is 0.987. The van der Waals surface area contributed by atoms with Gasteiger partial charge in [0.2, 0.25) is 5.88 Å². The molecule has 4 heteroatoms. The monoisotopic (exact) mass is 228 g/mol. The first-order chi connectivity index (χ1) is 7.02. The number of ether oxygens (including phenoxy) is 1. The third-order valence-corrected chi connectivity index (χ3v) is 2.47. The second-order valence-electron chi connectivity index (χ2n) is 3.87. The molecule has 15 heavy (non-hydrogen) atoms. The highest BCUT2D eigenvalue weighted by Crippen LogP contribution is 2.17. The molecule has 0 aliphatic rings. The van der Waals surface area contributed by atoms with Crippen LogP contribution in [0.4, 0.5) is 0 Å². The van der Waals surface area contributed by atoms with Gasteiger partial charge in [-0.3, -0.25) is 0 Å². The molecule has 1 aromatic heterocycles. The van der Waals surface area contributed by atoms with Crippen LogP contribution in [0, 0.1) is 5.92 Å². The minimum absolute atomic E-state index is 0.126. The van der Waals surface area contributed by atoms with Crippen LogP contribution in [0.25, 0.3) is 0 Å². The Balaban J connectivity index is 2.80. The summed E-state index contributed by atoms with van der Waals surface area (Å²) in [6.07, 6.45) is 0.883. The lowest BCUT2D eigenvalue weighted by molar-refractivity contribution is 0.162. The van der Waals surface area contributed by atoms with Gasteiger partial charge in [0.25, 0.3) is 0 Å². The van der Waals surface area contributed by atoms with Crippen LogP contribution in [0.15, 0.2) is 6.07 Å². The number of rotatable bonds is 4. The zero-order chi connectivity index (χ0) is 11.4. The van der Waals surface area contributed by atoms with Gasteiger partial charge in [-0.2, -0.15) is 4.98 Å². The summed E-state index contributed by atoms with van der Waals surface area (Å²) in [6, 6.07) is 1.65. The van der Waals surface area contributed by atoms with Crippen molar-refractivity contribution in [3.05, 3.63) is 17.0 Å². The quantitative estimate of drug-likeness (QED) is 0.743. The third kappa shape index (κ3) is 3.67. The van der Waals surface area contributed by atoms with E-state index in [1.54, 1.807) is 6.07 Å². The molecule has 1 heterocycles. The summed E-state index contributed by atoms with van der Waals surface area (Å²) in [5.41, 5.74) is 0. The lowest BCUT2D eigenvalue weighted by Crippen LogP contribution is -2.19. The molecule has 0 fully saturated rings. The average molecular weight is 229 g/mol. The molecule has 84 valence electrons. The van der Waals surface area contributed by atoms with E-state index in [0.29, 0.717) is 22.8 Å². The molecule has 0 aromatic carbocycles. The molecule has 0 aliphatic carbocycles. The molecule has 0 saturated carbocycles. The molecule has 0 N–H and O–H groups in total. The van der Waals surface area contributed by atoms with Crippen LogP contribution in [-0.2, 0) is 6.42 Å². The molecule has 1 atom stereocenters. The Bertz CT molecular complexity index is 328. The lowest BCUT2D eigenvalue weighted by Gasteiger charge is -2.17. The number of nitrogens with zero attached hydrogens (tertiary/aromatic N) is 2. The molecule has 0 amide bonds. The molecule has 0 bridgehead atoms. The van der Waals surface area contributed by atoms with Crippen molar-refractivity contribution < 1.29 is 4.74 Å². The van der Waals surface area contributed by atoms with E-state index >= 15 is 0 Å². The van der Waals surface area contributed by atoms with Crippen molar-refractivity contribution in [2.45, 2.75) is 40.2 Å². The zero-order valence-electron chi connectivity index (χ0n) is 9.62. The fraction of sp³-hybridized carbons (Fsp3) is 0.636. The Labute approximate surface area is 95.8 Å². The highest BCUT2D eigenvalue weighted by molar-refractivity contribution is 6.29. The highest BCUT2D eigenvalue weighted by atomic mass is 35.5. The van der Waals surface area contributed by atoms with Gasteiger partial charge in [0, 0.05) is 12.5 Å². The summed E-state index contributed by atoms with van der Waals surface area (Å²) < 4.78 is 5.66. The van der Waals surface area contributed by atoms with E-state index in [-0.39, 0.29) is 6.10 Å². The number of hydrogen-bond donors (Lipinski definition) is 0. The Morgan fingerprint density at radius 3 is 2.53 bits per heavy atom. The van der Waals surface area contributed by atoms with Crippen molar-refractivity contribution in [3.8, 4) is 5.88 Å². The number of aryl methyl sites for hydroxylation is 1. The molecule has 0 radical (unpaired) electrons. The second kappa shape index (κ2) is 5.31. The Hall–Kier alpha value is -0.830. The Kier molecular flexibility index (Phi) is 4.33. The molecule has 0 spiro atoms. The Morgan fingerprint density at radius 1 is 1.33 bits per heavy atom. The van der Waals surface area contributed by atoms with E-state index < -0.39 is 0 Å². The van der Waals surface area contributed by atoms with Crippen LogP contribution < -0.4 is 4.74 Å². The topological polar surface area (TPSA) is 35.0 Å². The normalized spacial score (nSPS) is 12.9. The second-order valence-corrected chi connectivity index (χ2v) is 4.25. The van der Waals surface area contributed by atoms with Crippen molar-refractivity contribution in [1.29, 1.82) is 0 Å². The molecule has 0 aliphatic heterocycles. The largest absolute Gasteiger partial charge is 0.474 e. The smallest absolute Gasteiger partial charge is 0.218 e. The van der Waals surface area contributed by atoms with Crippen molar-refractivity contribution in [2.75, 3.05) is 0 Å². The van der Waals surface area contributed by atoms with Crippen molar-refractivity contribution in [2.24, 2.45) is 5.92 Å². The SMILES string of the molecule is CCc1nc(Cl)cc(OC(C)C(C)C)n1. The van der Waals surface area contributed by atoms with Gasteiger partial charge in [-0.05, 0) is 12.8 Å². The van der Waals surface area contributed by atoms with Gasteiger partial charge in [-0.25, -0.2) is 4.98 Å². The summed E-state index contributed by atoms with van der Waals surface area (Å²) in [4.78, 5) is 8.34. The number of hydrogen-bond acceptors (Lipinski definition) is 3. The third-order valence-electron chi connectivity index (χ3n) is 2.28. The van der Waals surface area contributed by atoms with Gasteiger partial charge in [-0.1, -0.05) is 32.4 Å². The zero-order valence-corrected chi connectivity index (χ0v) is 10.4. The van der Waals surface area contributed by atoms with Gasteiger partial charge in [0.15, 0.2) is 0 Å². The van der Waals surface area contributed by atoms with E-state index in [1.165, 1.54) is 0 Å². The van der Waals surface area contributed by atoms with E-state index in [0.717, 1.165) is 6.42 Å². The summed E-state index contributed by atoms with van der Waals surface area (Å²) in [5.74, 6) is 1.73. The maximum absolute atomic E-state index is 5.86. The van der Waals surface area contributed by atoms with Crippen LogP contribution in [0.5, 0.6) is 5.88 Å². The fourth-order valence-corrected chi connectivity index (χ4v) is 1.18. The summed E-state index contributed by atoms with van der Waals surface area (Å²) in [6.45, 7) is 8.22. The standard InChI is InChI=1S/C11H17ClN2O/c1-5-10-13-9(12)6-11(14-10)15-8(4)7(2)3/h6-8H,5H2,1-4H3. The van der Waals surface area contributed by atoms with E-state index in [2.05, 4.69) is 23.8 Å². The van der Waals surface area contributed by atoms with Crippen molar-refractivity contribution in [3.63, 3.8) is 0 Å². The molecular weight excluding hydrogens is 212 g/mol. The summed E-state index contributed by atoms with van der Waals surface area (Å²) >= 11 is 5.86. The van der Waals surface area contributed by atoms with Crippen molar-refractivity contribution in [1.82, 2.24) is 9.97 Å². The predicted molar refractivity (Wildman–Crippen MR) is 61.3 cm³/mol. The molecule has 1 rings (SSSR count). The molecule has 1 unspecified atom stereocenters. The molecule has 1 aromatic rings. The first kappa shape index (κ1) is 12.2. The maximum atomic E-state index is 5.86. The maximum Gasteiger partial charge on any atom is 0.218 e. The van der Waals surface area contributed by atoms with E-state index in [1.807, 2.05) is 13.8 Å². The Morgan fingerprint density at radius 2 is 2.00 bits per heavy atom. The van der Waals surface area contributed by atoms with Gasteiger partial charge >= 0.3 is 0 Å². The molecule has 0 saturated heterocycles. The van der Waals surface area contributed by atoms with Gasteiger partial charge < -0.3 is 4.74 Å². The van der Waals surface area contributed by atoms with Crippen LogP contribution in [-0.4, -0.2) is 16.1 Å². The van der Waals surface area contributed by atoms with E-state index in [4.69, 9.17) is 16.3 Å². The number of halogens is 1. The van der Waals surface area contributed by atoms with Gasteiger partial charge in [-0.15, -0.1) is 0 Å². The highest BCUT2D eigenvalue weighted by Gasteiger charge is 2.11. The van der Waals surface area contributed by atoms with Crippen LogP contribution >= 0.6 is 11.6 Å². The van der Waals surface area contributed by atoms with Crippen molar-refractivity contribution >= 4 is 11.6 Å².